The first-order valence-electron chi connectivity index (χ1n) is 1.13. The molecule has 0 amide bonds. The van der Waals surface area contributed by atoms with Gasteiger partial charge in [-0.3, -0.25) is 0 Å². The average Bonchev–Trinajstić information content (AvgIpc) is 1.27. The van der Waals surface area contributed by atoms with Gasteiger partial charge in [-0.15, -0.1) is 0 Å². The predicted molar refractivity (Wildman–Crippen MR) is 17.8 cm³/mol. The number of hydrogen-bond acceptors (Lipinski definition) is 5. The van der Waals surface area contributed by atoms with E-state index in [1.165, 1.54) is 0 Å². The van der Waals surface area contributed by atoms with Crippen LogP contribution in [0.25, 0.3) is 0 Å². The molecular weight excluding hydrogens is 172 g/mol. The molecule has 0 aromatic heterocycles. The van der Waals surface area contributed by atoms with Crippen LogP contribution in [0, 0.1) is 0 Å². The van der Waals surface area contributed by atoms with Gasteiger partial charge in [-0.2, -0.15) is 0 Å². The SMILES string of the molecule is O=C(O)O[S-](=O)=O.[Ti]. The molecule has 0 heterocycles. The second-order valence-electron chi connectivity index (χ2n) is 0.553. The minimum Gasteiger partial charge on any atom is -0.473 e. The Balaban J connectivity index is 0. The Morgan fingerprint density at radius 3 is 1.88 bits per heavy atom. The third kappa shape index (κ3) is 9.33. The Morgan fingerprint density at radius 1 is 1.50 bits per heavy atom. The van der Waals surface area contributed by atoms with E-state index in [9.17, 15) is 13.2 Å². The summed E-state index contributed by atoms with van der Waals surface area (Å²) in [6.07, 6.45) is -1.83. The van der Waals surface area contributed by atoms with E-state index >= 15 is 0 Å². The van der Waals surface area contributed by atoms with Crippen molar-refractivity contribution >= 4 is 17.1 Å². The summed E-state index contributed by atoms with van der Waals surface area (Å²) in [6, 6.07) is 0. The van der Waals surface area contributed by atoms with Crippen LogP contribution in [-0.4, -0.2) is 11.3 Å². The van der Waals surface area contributed by atoms with Gasteiger partial charge in [0.05, 0.1) is 0 Å². The summed E-state index contributed by atoms with van der Waals surface area (Å²) in [5.74, 6) is 0. The average molecular weight is 173 g/mol. The summed E-state index contributed by atoms with van der Waals surface area (Å²) < 4.78 is 21.5. The molecular formula is CHO5STi-. The van der Waals surface area contributed by atoms with Crippen molar-refractivity contribution in [2.45, 2.75) is 0 Å². The summed E-state index contributed by atoms with van der Waals surface area (Å²) >= 11 is 0. The van der Waals surface area contributed by atoms with E-state index in [4.69, 9.17) is 5.11 Å². The van der Waals surface area contributed by atoms with Crippen molar-refractivity contribution in [1.82, 2.24) is 0 Å². The third-order valence-electron chi connectivity index (χ3n) is 0.139. The quantitative estimate of drug-likeness (QED) is 0.442. The fourth-order valence-electron chi connectivity index (χ4n) is 0.0582. The molecule has 0 radical (unpaired) electrons. The van der Waals surface area contributed by atoms with Gasteiger partial charge < -0.3 is 17.7 Å². The molecule has 7 heteroatoms. The first-order valence-corrected chi connectivity index (χ1v) is 2.13. The van der Waals surface area contributed by atoms with E-state index < -0.39 is 17.1 Å². The van der Waals surface area contributed by atoms with Crippen LogP contribution in [0.3, 0.4) is 0 Å². The first kappa shape index (κ1) is 10.8. The molecule has 0 aromatic carbocycles. The van der Waals surface area contributed by atoms with Gasteiger partial charge in [-0.05, 0) is 0 Å². The normalized spacial score (nSPS) is 7.62. The largest absolute Gasteiger partial charge is 0.490 e. The summed E-state index contributed by atoms with van der Waals surface area (Å²) in [7, 11) is -2.95. The van der Waals surface area contributed by atoms with Gasteiger partial charge in [0.2, 0.25) is 0 Å². The molecule has 0 bridgehead atoms. The maximum Gasteiger partial charge on any atom is 0.490 e. The zero-order valence-corrected chi connectivity index (χ0v) is 5.87. The second kappa shape index (κ2) is 5.08. The molecule has 0 aliphatic carbocycles. The monoisotopic (exact) mass is 173 g/mol. The maximum atomic E-state index is 9.21. The van der Waals surface area contributed by atoms with Crippen LogP contribution in [0.1, 0.15) is 0 Å². The van der Waals surface area contributed by atoms with Crippen molar-refractivity contribution in [3.8, 4) is 0 Å². The van der Waals surface area contributed by atoms with E-state index in [-0.39, 0.29) is 21.7 Å². The van der Waals surface area contributed by atoms with E-state index in [2.05, 4.69) is 4.18 Å². The molecule has 0 rings (SSSR count). The van der Waals surface area contributed by atoms with Gasteiger partial charge in [0.25, 0.3) is 0 Å². The second-order valence-corrected chi connectivity index (χ2v) is 1.13. The van der Waals surface area contributed by atoms with Gasteiger partial charge >= 0.3 is 6.16 Å². The molecule has 0 aliphatic rings. The Hall–Kier alpha value is -0.0657. The van der Waals surface area contributed by atoms with E-state index in [1.807, 2.05) is 0 Å². The minimum atomic E-state index is -2.95. The number of hydrogen-bond donors (Lipinski definition) is 1. The van der Waals surface area contributed by atoms with E-state index in [0.29, 0.717) is 0 Å². The van der Waals surface area contributed by atoms with Crippen molar-refractivity contribution < 1.29 is 44.2 Å². The van der Waals surface area contributed by atoms with Crippen molar-refractivity contribution in [3.05, 3.63) is 0 Å². The summed E-state index contributed by atoms with van der Waals surface area (Å²) in [4.78, 5) is 9.19. The van der Waals surface area contributed by atoms with Crippen molar-refractivity contribution in [1.29, 1.82) is 0 Å². The van der Waals surface area contributed by atoms with Crippen LogP contribution in [0.2, 0.25) is 0 Å². The first-order chi connectivity index (χ1) is 3.13. The van der Waals surface area contributed by atoms with Gasteiger partial charge in [-0.25, -0.2) is 4.79 Å². The molecule has 0 unspecified atom stereocenters. The van der Waals surface area contributed by atoms with Crippen molar-refractivity contribution in [3.63, 3.8) is 0 Å². The zero-order valence-electron chi connectivity index (χ0n) is 3.49. The summed E-state index contributed by atoms with van der Waals surface area (Å²) in [5, 5.41) is 7.47. The van der Waals surface area contributed by atoms with Gasteiger partial charge in [0.1, 0.15) is 11.0 Å². The smallest absolute Gasteiger partial charge is 0.473 e. The minimum absolute atomic E-state index is 0. The Kier molecular flexibility index (Phi) is 6.88. The Morgan fingerprint density at radius 2 is 1.88 bits per heavy atom. The fourth-order valence-corrected chi connectivity index (χ4v) is 0.175. The maximum absolute atomic E-state index is 9.21. The zero-order chi connectivity index (χ0) is 5.86. The van der Waals surface area contributed by atoms with Gasteiger partial charge in [0.15, 0.2) is 0 Å². The molecule has 0 fully saturated rings. The Labute approximate surface area is 61.7 Å². The summed E-state index contributed by atoms with van der Waals surface area (Å²) in [5.41, 5.74) is 0. The van der Waals surface area contributed by atoms with Crippen molar-refractivity contribution in [2.75, 3.05) is 0 Å². The third-order valence-corrected chi connectivity index (χ3v) is 0.418. The molecule has 0 spiro atoms. The van der Waals surface area contributed by atoms with Gasteiger partial charge in [0, 0.05) is 21.7 Å². The van der Waals surface area contributed by atoms with Crippen molar-refractivity contribution in [2.24, 2.45) is 0 Å². The molecule has 0 saturated heterocycles. The molecule has 46 valence electrons. The number of carbonyl (C=O) groups is 1. The predicted octanol–water partition coefficient (Wildman–Crippen LogP) is -0.0972. The molecule has 8 heavy (non-hydrogen) atoms. The molecule has 0 aliphatic heterocycles. The molecule has 0 aromatic rings. The topological polar surface area (TPSA) is 80.7 Å². The summed E-state index contributed by atoms with van der Waals surface area (Å²) in [6.45, 7) is 0. The van der Waals surface area contributed by atoms with Crippen LogP contribution in [0.5, 0.6) is 0 Å². The Bertz CT molecular complexity index is 129. The van der Waals surface area contributed by atoms with E-state index in [0.717, 1.165) is 0 Å². The van der Waals surface area contributed by atoms with Crippen LogP contribution in [-0.2, 0) is 45.3 Å². The van der Waals surface area contributed by atoms with Gasteiger partial charge in [-0.1, -0.05) is 0 Å². The molecule has 1 N–H and O–H groups in total. The van der Waals surface area contributed by atoms with Crippen LogP contribution >= 0.6 is 0 Å². The van der Waals surface area contributed by atoms with E-state index in [1.54, 1.807) is 0 Å². The fraction of sp³-hybridized carbons (Fsp3) is 0. The van der Waals surface area contributed by atoms with Crippen LogP contribution in [0.4, 0.5) is 4.79 Å². The molecule has 0 atom stereocenters. The number of rotatable bonds is 1. The number of carboxylic acid groups (broad SMARTS) is 1. The molecule has 5 nitrogen and oxygen atoms in total. The molecule has 0 saturated carbocycles. The van der Waals surface area contributed by atoms with Crippen LogP contribution < -0.4 is 0 Å². The van der Waals surface area contributed by atoms with Crippen LogP contribution in [0.15, 0.2) is 0 Å². The standard InChI is InChI=1S/CHO5S.Ti/c2-1(3)6-7(4)5;/h(H,2,3);/q-1;.